The average molecular weight is 289 g/mol. The lowest BCUT2D eigenvalue weighted by Crippen LogP contribution is -2.30. The lowest BCUT2D eigenvalue weighted by Gasteiger charge is -2.34. The van der Waals surface area contributed by atoms with Gasteiger partial charge in [0.25, 0.3) is 0 Å². The molecular weight excluding hydrogens is 258 g/mol. The van der Waals surface area contributed by atoms with Crippen LogP contribution in [0.25, 0.3) is 0 Å². The molecule has 1 aliphatic heterocycles. The van der Waals surface area contributed by atoms with Gasteiger partial charge < -0.3 is 10.0 Å². The quantitative estimate of drug-likeness (QED) is 0.788. The molecule has 0 spiro atoms. The Balaban J connectivity index is 2.57. The van der Waals surface area contributed by atoms with Gasteiger partial charge in [0.15, 0.2) is 0 Å². The van der Waals surface area contributed by atoms with Gasteiger partial charge in [-0.15, -0.1) is 0 Å². The molecule has 1 heterocycles. The molecule has 1 aromatic carbocycles. The van der Waals surface area contributed by atoms with E-state index in [4.69, 9.17) is 0 Å². The number of anilines is 1. The van der Waals surface area contributed by atoms with Gasteiger partial charge in [0.05, 0.1) is 5.69 Å². The van der Waals surface area contributed by atoms with E-state index in [1.807, 2.05) is 0 Å². The Morgan fingerprint density at radius 2 is 1.43 bits per heavy atom. The Morgan fingerprint density at radius 3 is 1.90 bits per heavy atom. The van der Waals surface area contributed by atoms with Crippen LogP contribution in [-0.2, 0) is 10.8 Å². The van der Waals surface area contributed by atoms with Crippen molar-refractivity contribution in [1.82, 2.24) is 0 Å². The van der Waals surface area contributed by atoms with Crippen LogP contribution in [-0.4, -0.2) is 18.2 Å². The first-order valence-electron chi connectivity index (χ1n) is 8.23. The van der Waals surface area contributed by atoms with Crippen LogP contribution in [0.5, 0.6) is 5.75 Å². The molecule has 2 rings (SSSR count). The molecule has 0 aliphatic carbocycles. The zero-order valence-electron chi connectivity index (χ0n) is 14.6. The fourth-order valence-electron chi connectivity index (χ4n) is 3.00. The van der Waals surface area contributed by atoms with Crippen LogP contribution in [0.3, 0.4) is 0 Å². The lowest BCUT2D eigenvalue weighted by molar-refractivity contribution is 0.440. The van der Waals surface area contributed by atoms with Crippen molar-refractivity contribution in [3.63, 3.8) is 0 Å². The molecule has 0 atom stereocenters. The highest BCUT2D eigenvalue weighted by molar-refractivity contribution is 5.65. The molecule has 0 amide bonds. The Labute approximate surface area is 130 Å². The molecular formula is C19H31NO. The van der Waals surface area contributed by atoms with Gasteiger partial charge in [0.2, 0.25) is 0 Å². The Morgan fingerprint density at radius 1 is 0.857 bits per heavy atom. The van der Waals surface area contributed by atoms with Crippen molar-refractivity contribution in [3.8, 4) is 5.75 Å². The Hall–Kier alpha value is -1.18. The highest BCUT2D eigenvalue weighted by Gasteiger charge is 2.27. The Bertz CT molecular complexity index is 500. The van der Waals surface area contributed by atoms with E-state index in [9.17, 15) is 5.11 Å². The molecule has 1 aliphatic rings. The molecule has 118 valence electrons. The number of benzene rings is 1. The molecule has 21 heavy (non-hydrogen) atoms. The van der Waals surface area contributed by atoms with Crippen molar-refractivity contribution in [2.75, 3.05) is 18.0 Å². The largest absolute Gasteiger partial charge is 0.505 e. The summed E-state index contributed by atoms with van der Waals surface area (Å²) >= 11 is 0. The summed E-state index contributed by atoms with van der Waals surface area (Å²) in [7, 11) is 0. The van der Waals surface area contributed by atoms with E-state index in [0.29, 0.717) is 5.75 Å². The number of piperidine rings is 1. The summed E-state index contributed by atoms with van der Waals surface area (Å²) in [6, 6.07) is 4.40. The third-order valence-corrected chi connectivity index (χ3v) is 4.46. The van der Waals surface area contributed by atoms with Crippen molar-refractivity contribution in [3.05, 3.63) is 23.3 Å². The second kappa shape index (κ2) is 5.55. The van der Waals surface area contributed by atoms with Gasteiger partial charge in [0, 0.05) is 18.7 Å². The molecule has 2 nitrogen and oxygen atoms in total. The minimum atomic E-state index is -0.0458. The number of phenolic OH excluding ortho intramolecular Hbond substituents is 1. The SMILES string of the molecule is CC(C)(C)c1cc(N2CCCCC2)c(O)c(C(C)(C)C)c1. The monoisotopic (exact) mass is 289 g/mol. The van der Waals surface area contributed by atoms with Gasteiger partial charge >= 0.3 is 0 Å². The van der Waals surface area contributed by atoms with Crippen LogP contribution in [0.1, 0.15) is 71.9 Å². The first-order valence-corrected chi connectivity index (χ1v) is 8.23. The number of phenols is 1. The highest BCUT2D eigenvalue weighted by Crippen LogP contribution is 2.42. The van der Waals surface area contributed by atoms with E-state index in [0.717, 1.165) is 24.3 Å². The molecule has 0 saturated carbocycles. The maximum Gasteiger partial charge on any atom is 0.142 e. The zero-order chi connectivity index (χ0) is 15.8. The van der Waals surface area contributed by atoms with Crippen molar-refractivity contribution in [1.29, 1.82) is 0 Å². The Kier molecular flexibility index (Phi) is 4.28. The fraction of sp³-hybridized carbons (Fsp3) is 0.684. The van der Waals surface area contributed by atoms with Crippen LogP contribution in [0, 0.1) is 0 Å². The average Bonchev–Trinajstić information content (AvgIpc) is 2.37. The second-order valence-electron chi connectivity index (χ2n) is 8.44. The first kappa shape index (κ1) is 16.2. The normalized spacial score (nSPS) is 17.1. The predicted octanol–water partition coefficient (Wildman–Crippen LogP) is 4.98. The molecule has 1 aromatic rings. The lowest BCUT2D eigenvalue weighted by atomic mass is 9.79. The van der Waals surface area contributed by atoms with Gasteiger partial charge in [-0.25, -0.2) is 0 Å². The third-order valence-electron chi connectivity index (χ3n) is 4.46. The minimum absolute atomic E-state index is 0.0458. The molecule has 0 unspecified atom stereocenters. The van der Waals surface area contributed by atoms with Crippen LogP contribution in [0.4, 0.5) is 5.69 Å². The summed E-state index contributed by atoms with van der Waals surface area (Å²) in [5.74, 6) is 0.484. The molecule has 1 N–H and O–H groups in total. The summed E-state index contributed by atoms with van der Waals surface area (Å²) in [5, 5.41) is 10.8. The fourth-order valence-corrected chi connectivity index (χ4v) is 3.00. The second-order valence-corrected chi connectivity index (χ2v) is 8.44. The highest BCUT2D eigenvalue weighted by atomic mass is 16.3. The van der Waals surface area contributed by atoms with Crippen LogP contribution >= 0.6 is 0 Å². The third kappa shape index (κ3) is 3.53. The maximum atomic E-state index is 10.8. The number of hydrogen-bond acceptors (Lipinski definition) is 2. The first-order chi connectivity index (χ1) is 9.60. The maximum absolute atomic E-state index is 10.8. The molecule has 0 aromatic heterocycles. The summed E-state index contributed by atoms with van der Waals surface area (Å²) in [6.07, 6.45) is 3.76. The summed E-state index contributed by atoms with van der Waals surface area (Å²) in [4.78, 5) is 2.36. The van der Waals surface area contributed by atoms with Crippen LogP contribution in [0.2, 0.25) is 0 Å². The van der Waals surface area contributed by atoms with Crippen LogP contribution < -0.4 is 4.90 Å². The van der Waals surface area contributed by atoms with Crippen molar-refractivity contribution in [2.45, 2.75) is 71.6 Å². The van der Waals surface area contributed by atoms with Crippen molar-refractivity contribution in [2.24, 2.45) is 0 Å². The van der Waals surface area contributed by atoms with E-state index >= 15 is 0 Å². The summed E-state index contributed by atoms with van der Waals surface area (Å²) < 4.78 is 0. The van der Waals surface area contributed by atoms with E-state index in [1.165, 1.54) is 24.8 Å². The minimum Gasteiger partial charge on any atom is -0.505 e. The smallest absolute Gasteiger partial charge is 0.142 e. The van der Waals surface area contributed by atoms with E-state index in [1.54, 1.807) is 0 Å². The topological polar surface area (TPSA) is 23.5 Å². The standard InChI is InChI=1S/C19H31NO/c1-18(2,3)14-12-15(19(4,5)6)17(21)16(13-14)20-10-8-7-9-11-20/h12-13,21H,7-11H2,1-6H3. The van der Waals surface area contributed by atoms with Crippen LogP contribution in [0.15, 0.2) is 12.1 Å². The molecule has 1 fully saturated rings. The number of nitrogens with zero attached hydrogens (tertiary/aromatic N) is 1. The van der Waals surface area contributed by atoms with Gasteiger partial charge in [-0.1, -0.05) is 47.6 Å². The van der Waals surface area contributed by atoms with E-state index in [-0.39, 0.29) is 10.8 Å². The van der Waals surface area contributed by atoms with Gasteiger partial charge in [-0.2, -0.15) is 0 Å². The molecule has 0 bridgehead atoms. The van der Waals surface area contributed by atoms with Gasteiger partial charge in [0.1, 0.15) is 5.75 Å². The molecule has 2 heteroatoms. The van der Waals surface area contributed by atoms with Crippen molar-refractivity contribution >= 4 is 5.69 Å². The van der Waals surface area contributed by atoms with Gasteiger partial charge in [-0.05, 0) is 41.7 Å². The molecule has 0 radical (unpaired) electrons. The van der Waals surface area contributed by atoms with Gasteiger partial charge in [-0.3, -0.25) is 0 Å². The zero-order valence-corrected chi connectivity index (χ0v) is 14.6. The van der Waals surface area contributed by atoms with E-state index in [2.05, 4.69) is 58.6 Å². The summed E-state index contributed by atoms with van der Waals surface area (Å²) in [5.41, 5.74) is 3.46. The van der Waals surface area contributed by atoms with Crippen molar-refractivity contribution < 1.29 is 5.11 Å². The number of rotatable bonds is 1. The summed E-state index contributed by atoms with van der Waals surface area (Å²) in [6.45, 7) is 15.4. The van der Waals surface area contributed by atoms with E-state index < -0.39 is 0 Å². The number of hydrogen-bond donors (Lipinski definition) is 1. The number of aromatic hydroxyl groups is 1. The predicted molar refractivity (Wildman–Crippen MR) is 91.6 cm³/mol. The molecule has 1 saturated heterocycles.